The van der Waals surface area contributed by atoms with Crippen molar-refractivity contribution in [3.8, 4) is 11.5 Å². The minimum atomic E-state index is -0.556. The number of carbonyl (C=O) groups is 1. The van der Waals surface area contributed by atoms with Gasteiger partial charge in [-0.3, -0.25) is 9.79 Å². The van der Waals surface area contributed by atoms with Gasteiger partial charge in [0.25, 0.3) is 0 Å². The van der Waals surface area contributed by atoms with Gasteiger partial charge in [0.15, 0.2) is 17.5 Å². The SMILES string of the molecule is CCNC(=NCC(C)(C)C(=O)NC)N1CCc2cc(OC)c(OC)cc2C1. The van der Waals surface area contributed by atoms with Crippen molar-refractivity contribution in [3.05, 3.63) is 23.3 Å². The third-order valence-corrected chi connectivity index (χ3v) is 4.82. The van der Waals surface area contributed by atoms with E-state index in [2.05, 4.69) is 21.6 Å². The van der Waals surface area contributed by atoms with Gasteiger partial charge in [-0.2, -0.15) is 0 Å². The van der Waals surface area contributed by atoms with E-state index in [1.54, 1.807) is 21.3 Å². The summed E-state index contributed by atoms with van der Waals surface area (Å²) >= 11 is 0. The van der Waals surface area contributed by atoms with E-state index < -0.39 is 5.41 Å². The Morgan fingerprint density at radius 3 is 2.41 bits per heavy atom. The molecule has 0 fully saturated rings. The number of ether oxygens (including phenoxy) is 2. The van der Waals surface area contributed by atoms with Crippen LogP contribution in [0, 0.1) is 5.41 Å². The number of rotatable bonds is 6. The molecule has 0 atom stereocenters. The van der Waals surface area contributed by atoms with Crippen LogP contribution in [0.5, 0.6) is 11.5 Å². The van der Waals surface area contributed by atoms with Crippen LogP contribution in [0.15, 0.2) is 17.1 Å². The third kappa shape index (κ3) is 4.84. The molecule has 1 aromatic carbocycles. The molecule has 7 nitrogen and oxygen atoms in total. The Kier molecular flexibility index (Phi) is 6.93. The molecule has 1 heterocycles. The monoisotopic (exact) mass is 376 g/mol. The highest BCUT2D eigenvalue weighted by molar-refractivity contribution is 5.83. The van der Waals surface area contributed by atoms with E-state index >= 15 is 0 Å². The number of fused-ring (bicyclic) bond motifs is 1. The molecule has 0 aliphatic carbocycles. The molecular formula is C20H32N4O3. The van der Waals surface area contributed by atoms with Crippen LogP contribution in [0.3, 0.4) is 0 Å². The summed E-state index contributed by atoms with van der Waals surface area (Å²) in [5, 5.41) is 6.06. The zero-order valence-corrected chi connectivity index (χ0v) is 17.3. The van der Waals surface area contributed by atoms with Crippen molar-refractivity contribution in [1.82, 2.24) is 15.5 Å². The number of nitrogens with one attached hydrogen (secondary N) is 2. The van der Waals surface area contributed by atoms with Gasteiger partial charge in [0, 0.05) is 26.7 Å². The van der Waals surface area contributed by atoms with E-state index in [1.807, 2.05) is 26.8 Å². The highest BCUT2D eigenvalue weighted by Crippen LogP contribution is 2.33. The lowest BCUT2D eigenvalue weighted by atomic mass is 9.93. The molecule has 7 heteroatoms. The van der Waals surface area contributed by atoms with Gasteiger partial charge >= 0.3 is 0 Å². The first kappa shape index (κ1) is 20.9. The molecule has 1 aliphatic rings. The summed E-state index contributed by atoms with van der Waals surface area (Å²) < 4.78 is 10.9. The van der Waals surface area contributed by atoms with Gasteiger partial charge in [-0.05, 0) is 50.5 Å². The smallest absolute Gasteiger partial charge is 0.227 e. The Morgan fingerprint density at radius 2 is 1.85 bits per heavy atom. The number of carbonyl (C=O) groups excluding carboxylic acids is 1. The van der Waals surface area contributed by atoms with Gasteiger partial charge in [-0.1, -0.05) is 0 Å². The summed E-state index contributed by atoms with van der Waals surface area (Å²) in [5.74, 6) is 2.32. The second-order valence-electron chi connectivity index (χ2n) is 7.28. The first-order valence-corrected chi connectivity index (χ1v) is 9.35. The predicted molar refractivity (Wildman–Crippen MR) is 107 cm³/mol. The molecule has 1 aromatic rings. The second kappa shape index (κ2) is 8.97. The van der Waals surface area contributed by atoms with Gasteiger partial charge in [0.05, 0.1) is 26.2 Å². The van der Waals surface area contributed by atoms with Crippen LogP contribution in [0.1, 0.15) is 31.9 Å². The van der Waals surface area contributed by atoms with E-state index in [9.17, 15) is 4.79 Å². The van der Waals surface area contributed by atoms with Gasteiger partial charge in [-0.25, -0.2) is 0 Å². The number of hydrogen-bond donors (Lipinski definition) is 2. The molecule has 27 heavy (non-hydrogen) atoms. The summed E-state index contributed by atoms with van der Waals surface area (Å²) in [7, 11) is 4.96. The topological polar surface area (TPSA) is 75.2 Å². The molecule has 0 saturated heterocycles. The molecule has 0 aromatic heterocycles. The normalized spacial score (nSPS) is 14.4. The largest absolute Gasteiger partial charge is 0.493 e. The van der Waals surface area contributed by atoms with Crippen molar-refractivity contribution >= 4 is 11.9 Å². The number of methoxy groups -OCH3 is 2. The Morgan fingerprint density at radius 1 is 1.22 bits per heavy atom. The number of guanidine groups is 1. The highest BCUT2D eigenvalue weighted by atomic mass is 16.5. The predicted octanol–water partition coefficient (Wildman–Crippen LogP) is 1.80. The van der Waals surface area contributed by atoms with Crippen LogP contribution >= 0.6 is 0 Å². The second-order valence-corrected chi connectivity index (χ2v) is 7.28. The maximum absolute atomic E-state index is 12.0. The fourth-order valence-corrected chi connectivity index (χ4v) is 3.17. The molecule has 2 N–H and O–H groups in total. The molecule has 0 radical (unpaired) electrons. The number of hydrogen-bond acceptors (Lipinski definition) is 4. The minimum Gasteiger partial charge on any atom is -0.493 e. The van der Waals surface area contributed by atoms with Crippen molar-refractivity contribution in [1.29, 1.82) is 0 Å². The fourth-order valence-electron chi connectivity index (χ4n) is 3.17. The average Bonchev–Trinajstić information content (AvgIpc) is 2.68. The van der Waals surface area contributed by atoms with Crippen LogP contribution in [-0.4, -0.2) is 57.7 Å². The van der Waals surface area contributed by atoms with Crippen LogP contribution < -0.4 is 20.1 Å². The molecule has 1 aliphatic heterocycles. The molecule has 150 valence electrons. The van der Waals surface area contributed by atoms with Crippen molar-refractivity contribution in [3.63, 3.8) is 0 Å². The number of aliphatic imine (C=N–C) groups is 1. The zero-order chi connectivity index (χ0) is 20.0. The molecule has 0 spiro atoms. The van der Waals surface area contributed by atoms with Gasteiger partial charge in [0.2, 0.25) is 5.91 Å². The lowest BCUT2D eigenvalue weighted by Crippen LogP contribution is -2.45. The number of benzene rings is 1. The average molecular weight is 377 g/mol. The Bertz CT molecular complexity index is 701. The maximum atomic E-state index is 12.0. The molecule has 1 amide bonds. The lowest BCUT2D eigenvalue weighted by Gasteiger charge is -2.33. The van der Waals surface area contributed by atoms with Crippen LogP contribution in [-0.2, 0) is 17.8 Å². The minimum absolute atomic E-state index is 0.0112. The zero-order valence-electron chi connectivity index (χ0n) is 17.3. The number of nitrogens with zero attached hydrogens (tertiary/aromatic N) is 2. The molecule has 0 bridgehead atoms. The van der Waals surface area contributed by atoms with Crippen molar-refractivity contribution in [2.75, 3.05) is 40.9 Å². The summed E-state index contributed by atoms with van der Waals surface area (Å²) in [4.78, 5) is 19.0. The van der Waals surface area contributed by atoms with Gasteiger partial charge < -0.3 is 25.0 Å². The van der Waals surface area contributed by atoms with Crippen LogP contribution in [0.25, 0.3) is 0 Å². The summed E-state index contributed by atoms with van der Waals surface area (Å²) in [6, 6.07) is 4.10. The molecule has 0 unspecified atom stereocenters. The van der Waals surface area contributed by atoms with Crippen molar-refractivity contribution < 1.29 is 14.3 Å². The number of amides is 1. The maximum Gasteiger partial charge on any atom is 0.227 e. The van der Waals surface area contributed by atoms with Crippen LogP contribution in [0.4, 0.5) is 0 Å². The Labute approximate surface area is 162 Å². The summed E-state index contributed by atoms with van der Waals surface area (Å²) in [6.07, 6.45) is 0.902. The van der Waals surface area contributed by atoms with Crippen LogP contribution in [0.2, 0.25) is 0 Å². The van der Waals surface area contributed by atoms with E-state index in [0.29, 0.717) is 6.54 Å². The Balaban J connectivity index is 2.22. The molecule has 2 rings (SSSR count). The van der Waals surface area contributed by atoms with E-state index in [4.69, 9.17) is 14.5 Å². The quantitative estimate of drug-likeness (QED) is 0.585. The van der Waals surface area contributed by atoms with Crippen molar-refractivity contribution in [2.45, 2.75) is 33.7 Å². The fraction of sp³-hybridized carbons (Fsp3) is 0.600. The van der Waals surface area contributed by atoms with E-state index in [0.717, 1.165) is 43.5 Å². The first-order valence-electron chi connectivity index (χ1n) is 9.35. The van der Waals surface area contributed by atoms with E-state index in [-0.39, 0.29) is 5.91 Å². The summed E-state index contributed by atoms with van der Waals surface area (Å²) in [5.41, 5.74) is 1.92. The third-order valence-electron chi connectivity index (χ3n) is 4.82. The van der Waals surface area contributed by atoms with E-state index in [1.165, 1.54) is 11.1 Å². The summed E-state index contributed by atoms with van der Waals surface area (Å²) in [6.45, 7) is 8.64. The molecule has 0 saturated carbocycles. The molecular weight excluding hydrogens is 344 g/mol. The lowest BCUT2D eigenvalue weighted by molar-refractivity contribution is -0.128. The van der Waals surface area contributed by atoms with Gasteiger partial charge in [0.1, 0.15) is 0 Å². The first-order chi connectivity index (χ1) is 12.9. The van der Waals surface area contributed by atoms with Gasteiger partial charge in [-0.15, -0.1) is 0 Å². The standard InChI is InChI=1S/C20H32N4O3/c1-7-22-19(23-13-20(2,3)18(25)21-4)24-9-8-14-10-16(26-5)17(27-6)11-15(14)12-24/h10-11H,7-9,12-13H2,1-6H3,(H,21,25)(H,22,23). The van der Waals surface area contributed by atoms with Crippen molar-refractivity contribution in [2.24, 2.45) is 10.4 Å². The highest BCUT2D eigenvalue weighted by Gasteiger charge is 2.27. The Hall–Kier alpha value is -2.44.